The summed E-state index contributed by atoms with van der Waals surface area (Å²) in [6.07, 6.45) is 10.3. The lowest BCUT2D eigenvalue weighted by Gasteiger charge is -2.32. The molecule has 0 bridgehead atoms. The zero-order valence-corrected chi connectivity index (χ0v) is 33.1. The molecule has 3 aliphatic rings. The maximum atomic E-state index is 13.9. The molecule has 0 saturated carbocycles. The van der Waals surface area contributed by atoms with Crippen LogP contribution in [-0.4, -0.2) is 73.6 Å². The van der Waals surface area contributed by atoms with Crippen LogP contribution in [0.5, 0.6) is 0 Å². The Labute approximate surface area is 317 Å². The lowest BCUT2D eigenvalue weighted by molar-refractivity contribution is 0.211. The molecule has 0 N–H and O–H groups in total. The highest BCUT2D eigenvalue weighted by atomic mass is 35.5. The van der Waals surface area contributed by atoms with Crippen LogP contribution in [0, 0.1) is 19.7 Å². The molecule has 0 amide bonds. The van der Waals surface area contributed by atoms with Gasteiger partial charge in [-0.2, -0.15) is 0 Å². The standard InChI is InChI=1S/C15H20ClN.C14H19ClFN.C14H20ClN/c1-3-9-17-10-7-13(8-11-17)14-5-4-6-15(16)12(14)2;1-2-8-17-9-6-11(7-10-17)12-4-3-5-13(15)14(12)16;1-3-16-9-7-12(8-10-16)13-5-4-6-14(15)11(13)2/h3-6,13H,1,7-11H2,2H3;3-5,11H,2,6-10H2,1H3;4-6,12H,3,7-10H2,1-2H3. The Morgan fingerprint density at radius 1 is 0.620 bits per heavy atom. The van der Waals surface area contributed by atoms with Gasteiger partial charge in [0.05, 0.1) is 5.02 Å². The molecule has 0 unspecified atom stereocenters. The fourth-order valence-electron chi connectivity index (χ4n) is 7.92. The lowest BCUT2D eigenvalue weighted by atomic mass is 9.87. The maximum absolute atomic E-state index is 13.9. The average Bonchev–Trinajstić information content (AvgIpc) is 3.14. The summed E-state index contributed by atoms with van der Waals surface area (Å²) in [7, 11) is 0. The van der Waals surface area contributed by atoms with E-state index in [1.807, 2.05) is 30.3 Å². The van der Waals surface area contributed by atoms with E-state index in [2.05, 4.69) is 73.2 Å². The van der Waals surface area contributed by atoms with Gasteiger partial charge in [-0.1, -0.05) is 91.1 Å². The largest absolute Gasteiger partial charge is 0.304 e. The highest BCUT2D eigenvalue weighted by molar-refractivity contribution is 6.31. The minimum absolute atomic E-state index is 0.219. The zero-order valence-electron chi connectivity index (χ0n) is 30.9. The molecule has 274 valence electrons. The van der Waals surface area contributed by atoms with E-state index in [1.54, 1.807) is 6.07 Å². The fraction of sp³-hybridized carbons (Fsp3) is 0.535. The molecule has 50 heavy (non-hydrogen) atoms. The van der Waals surface area contributed by atoms with Gasteiger partial charge in [0.25, 0.3) is 0 Å². The Hall–Kier alpha value is -1.92. The van der Waals surface area contributed by atoms with Crippen LogP contribution >= 0.6 is 34.8 Å². The molecule has 3 heterocycles. The summed E-state index contributed by atoms with van der Waals surface area (Å²) >= 11 is 18.2. The number of rotatable bonds is 8. The minimum Gasteiger partial charge on any atom is -0.304 e. The van der Waals surface area contributed by atoms with Gasteiger partial charge >= 0.3 is 0 Å². The molecule has 0 aromatic heterocycles. The van der Waals surface area contributed by atoms with Crippen molar-refractivity contribution in [3.63, 3.8) is 0 Å². The molecule has 0 spiro atoms. The quantitative estimate of drug-likeness (QED) is 0.213. The Balaban J connectivity index is 0.000000169. The van der Waals surface area contributed by atoms with Crippen LogP contribution in [0.3, 0.4) is 0 Å². The first-order chi connectivity index (χ1) is 24.2. The van der Waals surface area contributed by atoms with Gasteiger partial charge in [0, 0.05) is 16.6 Å². The molecule has 3 aromatic rings. The van der Waals surface area contributed by atoms with Crippen molar-refractivity contribution in [3.8, 4) is 0 Å². The van der Waals surface area contributed by atoms with Crippen LogP contribution in [0.1, 0.15) is 104 Å². The summed E-state index contributed by atoms with van der Waals surface area (Å²) in [5.74, 6) is 1.50. The highest BCUT2D eigenvalue weighted by Crippen LogP contribution is 2.35. The van der Waals surface area contributed by atoms with Gasteiger partial charge in [0.1, 0.15) is 5.82 Å². The molecule has 0 radical (unpaired) electrons. The lowest BCUT2D eigenvalue weighted by Crippen LogP contribution is -2.33. The molecule has 7 heteroatoms. The summed E-state index contributed by atoms with van der Waals surface area (Å²) < 4.78 is 13.9. The Morgan fingerprint density at radius 3 is 1.46 bits per heavy atom. The number of hydrogen-bond donors (Lipinski definition) is 0. The molecular weight excluding hydrogens is 684 g/mol. The van der Waals surface area contributed by atoms with Crippen molar-refractivity contribution in [3.05, 3.63) is 116 Å². The molecule has 0 atom stereocenters. The molecule has 3 aromatic carbocycles. The van der Waals surface area contributed by atoms with Crippen LogP contribution in [-0.2, 0) is 0 Å². The second kappa shape index (κ2) is 20.9. The van der Waals surface area contributed by atoms with E-state index >= 15 is 0 Å². The van der Waals surface area contributed by atoms with Crippen LogP contribution in [0.2, 0.25) is 15.1 Å². The van der Waals surface area contributed by atoms with E-state index in [0.29, 0.717) is 17.8 Å². The van der Waals surface area contributed by atoms with Crippen molar-refractivity contribution < 1.29 is 4.39 Å². The van der Waals surface area contributed by atoms with Gasteiger partial charge in [-0.15, -0.1) is 6.58 Å². The fourth-order valence-corrected chi connectivity index (χ4v) is 8.47. The first kappa shape index (κ1) is 40.8. The molecular formula is C43H59Cl3FN3. The highest BCUT2D eigenvalue weighted by Gasteiger charge is 2.24. The van der Waals surface area contributed by atoms with E-state index in [0.717, 1.165) is 54.6 Å². The number of nitrogens with zero attached hydrogens (tertiary/aromatic N) is 3. The minimum atomic E-state index is -0.219. The van der Waals surface area contributed by atoms with Gasteiger partial charge < -0.3 is 9.80 Å². The number of benzene rings is 3. The Bertz CT molecular complexity index is 1470. The summed E-state index contributed by atoms with van der Waals surface area (Å²) in [6, 6.07) is 17.9. The second-order valence-electron chi connectivity index (χ2n) is 14.2. The molecule has 6 rings (SSSR count). The van der Waals surface area contributed by atoms with Crippen LogP contribution in [0.25, 0.3) is 0 Å². The smallest absolute Gasteiger partial charge is 0.145 e. The zero-order chi connectivity index (χ0) is 36.0. The molecule has 3 nitrogen and oxygen atoms in total. The first-order valence-corrected chi connectivity index (χ1v) is 20.0. The molecule has 3 fully saturated rings. The van der Waals surface area contributed by atoms with Gasteiger partial charge in [-0.05, 0) is 175 Å². The van der Waals surface area contributed by atoms with E-state index in [4.69, 9.17) is 34.8 Å². The van der Waals surface area contributed by atoms with Crippen molar-refractivity contribution in [2.24, 2.45) is 0 Å². The Kier molecular flexibility index (Phi) is 17.1. The molecule has 3 aliphatic heterocycles. The first-order valence-electron chi connectivity index (χ1n) is 18.9. The second-order valence-corrected chi connectivity index (χ2v) is 15.5. The van der Waals surface area contributed by atoms with E-state index in [-0.39, 0.29) is 10.8 Å². The normalized spacial score (nSPS) is 18.6. The van der Waals surface area contributed by atoms with Crippen LogP contribution < -0.4 is 0 Å². The number of likely N-dealkylation sites (tertiary alicyclic amines) is 3. The number of hydrogen-bond acceptors (Lipinski definition) is 3. The van der Waals surface area contributed by atoms with Crippen molar-refractivity contribution in [1.82, 2.24) is 14.7 Å². The molecule has 0 aliphatic carbocycles. The maximum Gasteiger partial charge on any atom is 0.145 e. The van der Waals surface area contributed by atoms with Gasteiger partial charge in [0.2, 0.25) is 0 Å². The predicted molar refractivity (Wildman–Crippen MR) is 215 cm³/mol. The van der Waals surface area contributed by atoms with Crippen LogP contribution in [0.4, 0.5) is 4.39 Å². The number of halogens is 4. The topological polar surface area (TPSA) is 9.72 Å². The third-order valence-electron chi connectivity index (χ3n) is 11.1. The summed E-state index contributed by atoms with van der Waals surface area (Å²) in [4.78, 5) is 7.44. The van der Waals surface area contributed by atoms with Crippen molar-refractivity contribution in [1.29, 1.82) is 0 Å². The SMILES string of the molecule is C=CCN1CCC(c2cccc(Cl)c2C)CC1.CCCN1CCC(c2cccc(Cl)c2F)CC1.CCN1CCC(c2cccc(Cl)c2C)CC1. The van der Waals surface area contributed by atoms with E-state index < -0.39 is 0 Å². The monoisotopic (exact) mass is 741 g/mol. The van der Waals surface area contributed by atoms with Gasteiger partial charge in [0.15, 0.2) is 0 Å². The van der Waals surface area contributed by atoms with Gasteiger partial charge in [-0.3, -0.25) is 4.90 Å². The van der Waals surface area contributed by atoms with E-state index in [1.165, 1.54) is 87.1 Å². The van der Waals surface area contributed by atoms with Crippen molar-refractivity contribution in [2.45, 2.75) is 90.4 Å². The third-order valence-corrected chi connectivity index (χ3v) is 12.2. The average molecular weight is 743 g/mol. The molecule has 3 saturated heterocycles. The van der Waals surface area contributed by atoms with Crippen LogP contribution in [0.15, 0.2) is 67.3 Å². The predicted octanol–water partition coefficient (Wildman–Crippen LogP) is 11.9. The number of piperidine rings is 3. The summed E-state index contributed by atoms with van der Waals surface area (Å²) in [6.45, 7) is 22.8. The van der Waals surface area contributed by atoms with Gasteiger partial charge in [-0.25, -0.2) is 4.39 Å². The van der Waals surface area contributed by atoms with E-state index in [9.17, 15) is 4.39 Å². The summed E-state index contributed by atoms with van der Waals surface area (Å²) in [5, 5.41) is 2.06. The summed E-state index contributed by atoms with van der Waals surface area (Å²) in [5.41, 5.74) is 6.24. The third kappa shape index (κ3) is 11.5. The van der Waals surface area contributed by atoms with Crippen molar-refractivity contribution >= 4 is 34.8 Å². The van der Waals surface area contributed by atoms with Crippen molar-refractivity contribution in [2.75, 3.05) is 58.9 Å². The Morgan fingerprint density at radius 2 is 1.02 bits per heavy atom.